The van der Waals surface area contributed by atoms with Gasteiger partial charge in [-0.1, -0.05) is 31.0 Å². The molecule has 0 aliphatic heterocycles. The minimum Gasteiger partial charge on any atom is -0.496 e. The lowest BCUT2D eigenvalue weighted by Gasteiger charge is -2.31. The van der Waals surface area contributed by atoms with Crippen LogP contribution in [0, 0.1) is 0 Å². The predicted molar refractivity (Wildman–Crippen MR) is 77.6 cm³/mol. The van der Waals surface area contributed by atoms with Crippen molar-refractivity contribution < 1.29 is 9.84 Å². The van der Waals surface area contributed by atoms with Crippen LogP contribution in [0.2, 0.25) is 0 Å². The average Bonchev–Trinajstić information content (AvgIpc) is 2.42. The van der Waals surface area contributed by atoms with Gasteiger partial charge in [0.15, 0.2) is 0 Å². The van der Waals surface area contributed by atoms with E-state index >= 15 is 0 Å². The third kappa shape index (κ3) is 3.95. The second-order valence-corrected chi connectivity index (χ2v) is 5.54. The van der Waals surface area contributed by atoms with Gasteiger partial charge in [-0.2, -0.15) is 0 Å². The third-order valence-corrected chi connectivity index (χ3v) is 3.95. The molecule has 0 radical (unpaired) electrons. The largest absolute Gasteiger partial charge is 0.496 e. The van der Waals surface area contributed by atoms with Crippen molar-refractivity contribution in [1.29, 1.82) is 0 Å². The zero-order chi connectivity index (χ0) is 13.7. The van der Waals surface area contributed by atoms with Crippen LogP contribution in [0.1, 0.15) is 38.2 Å². The number of aliphatic hydroxyl groups is 1. The van der Waals surface area contributed by atoms with Gasteiger partial charge < -0.3 is 15.2 Å². The number of benzene rings is 1. The SMILES string of the molecule is COc1ccccc1CC(C)NC1CCCCC1O. The van der Waals surface area contributed by atoms with E-state index in [1.54, 1.807) is 7.11 Å². The fourth-order valence-corrected chi connectivity index (χ4v) is 2.93. The molecule has 3 atom stereocenters. The third-order valence-electron chi connectivity index (χ3n) is 3.95. The summed E-state index contributed by atoms with van der Waals surface area (Å²) in [4.78, 5) is 0. The number of para-hydroxylation sites is 1. The maximum Gasteiger partial charge on any atom is 0.122 e. The molecule has 1 aliphatic rings. The van der Waals surface area contributed by atoms with Crippen molar-refractivity contribution in [2.45, 2.75) is 57.2 Å². The first-order valence-electron chi connectivity index (χ1n) is 7.26. The van der Waals surface area contributed by atoms with E-state index in [0.717, 1.165) is 31.4 Å². The summed E-state index contributed by atoms with van der Waals surface area (Å²) in [7, 11) is 1.71. The summed E-state index contributed by atoms with van der Waals surface area (Å²) in [6, 6.07) is 8.73. The number of aliphatic hydroxyl groups excluding tert-OH is 1. The molecule has 0 bridgehead atoms. The average molecular weight is 263 g/mol. The van der Waals surface area contributed by atoms with Gasteiger partial charge in [0.2, 0.25) is 0 Å². The Morgan fingerprint density at radius 2 is 2.05 bits per heavy atom. The van der Waals surface area contributed by atoms with E-state index in [1.165, 1.54) is 12.0 Å². The molecule has 3 unspecified atom stereocenters. The Balaban J connectivity index is 1.91. The van der Waals surface area contributed by atoms with Gasteiger partial charge >= 0.3 is 0 Å². The van der Waals surface area contributed by atoms with Crippen molar-refractivity contribution in [3.8, 4) is 5.75 Å². The molecular formula is C16H25NO2. The minimum absolute atomic E-state index is 0.186. The molecule has 106 valence electrons. The molecule has 2 N–H and O–H groups in total. The van der Waals surface area contributed by atoms with Crippen LogP contribution in [-0.4, -0.2) is 30.4 Å². The van der Waals surface area contributed by atoms with E-state index in [2.05, 4.69) is 18.3 Å². The van der Waals surface area contributed by atoms with Crippen LogP contribution in [0.5, 0.6) is 5.75 Å². The first-order chi connectivity index (χ1) is 9.20. The lowest BCUT2D eigenvalue weighted by atomic mass is 9.91. The van der Waals surface area contributed by atoms with E-state index in [-0.39, 0.29) is 12.1 Å². The highest BCUT2D eigenvalue weighted by Crippen LogP contribution is 2.21. The highest BCUT2D eigenvalue weighted by molar-refractivity contribution is 5.33. The van der Waals surface area contributed by atoms with Crippen LogP contribution < -0.4 is 10.1 Å². The lowest BCUT2D eigenvalue weighted by molar-refractivity contribution is 0.0859. The van der Waals surface area contributed by atoms with Gasteiger partial charge in [-0.25, -0.2) is 0 Å². The van der Waals surface area contributed by atoms with Crippen LogP contribution in [0.3, 0.4) is 0 Å². The molecule has 0 amide bonds. The van der Waals surface area contributed by atoms with Gasteiger partial charge in [-0.3, -0.25) is 0 Å². The molecule has 0 aromatic heterocycles. The fraction of sp³-hybridized carbons (Fsp3) is 0.625. The summed E-state index contributed by atoms with van der Waals surface area (Å²) in [6.07, 6.45) is 5.12. The second-order valence-electron chi connectivity index (χ2n) is 5.54. The Labute approximate surface area is 116 Å². The molecule has 0 saturated heterocycles. The zero-order valence-electron chi connectivity index (χ0n) is 11.9. The van der Waals surface area contributed by atoms with Crippen molar-refractivity contribution in [1.82, 2.24) is 5.32 Å². The topological polar surface area (TPSA) is 41.5 Å². The Morgan fingerprint density at radius 1 is 1.32 bits per heavy atom. The molecular weight excluding hydrogens is 238 g/mol. The van der Waals surface area contributed by atoms with Gasteiger partial charge in [0.25, 0.3) is 0 Å². The van der Waals surface area contributed by atoms with Crippen molar-refractivity contribution in [2.24, 2.45) is 0 Å². The summed E-state index contributed by atoms with van der Waals surface area (Å²) >= 11 is 0. The van der Waals surface area contributed by atoms with E-state index in [0.29, 0.717) is 6.04 Å². The van der Waals surface area contributed by atoms with Crippen LogP contribution in [-0.2, 0) is 6.42 Å². The van der Waals surface area contributed by atoms with E-state index in [4.69, 9.17) is 4.74 Å². The number of methoxy groups -OCH3 is 1. The van der Waals surface area contributed by atoms with Crippen molar-refractivity contribution in [3.63, 3.8) is 0 Å². The van der Waals surface area contributed by atoms with Crippen molar-refractivity contribution >= 4 is 0 Å². The summed E-state index contributed by atoms with van der Waals surface area (Å²) in [5, 5.41) is 13.6. The normalized spacial score (nSPS) is 25.0. The van der Waals surface area contributed by atoms with Crippen LogP contribution in [0.15, 0.2) is 24.3 Å². The van der Waals surface area contributed by atoms with Crippen LogP contribution >= 0.6 is 0 Å². The van der Waals surface area contributed by atoms with Crippen LogP contribution in [0.25, 0.3) is 0 Å². The Hall–Kier alpha value is -1.06. The van der Waals surface area contributed by atoms with E-state index in [1.807, 2.05) is 18.2 Å². The van der Waals surface area contributed by atoms with E-state index in [9.17, 15) is 5.11 Å². The zero-order valence-corrected chi connectivity index (χ0v) is 11.9. The van der Waals surface area contributed by atoms with Gasteiger partial charge in [0.05, 0.1) is 13.2 Å². The maximum atomic E-state index is 10.00. The smallest absolute Gasteiger partial charge is 0.122 e. The first-order valence-corrected chi connectivity index (χ1v) is 7.26. The first kappa shape index (κ1) is 14.4. The number of ether oxygens (including phenoxy) is 1. The van der Waals surface area contributed by atoms with Gasteiger partial charge in [0.1, 0.15) is 5.75 Å². The number of hydrogen-bond acceptors (Lipinski definition) is 3. The minimum atomic E-state index is -0.186. The summed E-state index contributed by atoms with van der Waals surface area (Å²) < 4.78 is 5.38. The summed E-state index contributed by atoms with van der Waals surface area (Å²) in [5.74, 6) is 0.945. The molecule has 1 aromatic carbocycles. The van der Waals surface area contributed by atoms with Crippen LogP contribution in [0.4, 0.5) is 0 Å². The summed E-state index contributed by atoms with van der Waals surface area (Å²) in [6.45, 7) is 2.17. The molecule has 3 heteroatoms. The fourth-order valence-electron chi connectivity index (χ4n) is 2.93. The molecule has 0 spiro atoms. The Bertz CT molecular complexity index is 394. The van der Waals surface area contributed by atoms with E-state index < -0.39 is 0 Å². The molecule has 0 heterocycles. The highest BCUT2D eigenvalue weighted by atomic mass is 16.5. The summed E-state index contributed by atoms with van der Waals surface area (Å²) in [5.41, 5.74) is 1.22. The lowest BCUT2D eigenvalue weighted by Crippen LogP contribution is -2.46. The van der Waals surface area contributed by atoms with Gasteiger partial charge in [-0.15, -0.1) is 0 Å². The van der Waals surface area contributed by atoms with Gasteiger partial charge in [0, 0.05) is 12.1 Å². The highest BCUT2D eigenvalue weighted by Gasteiger charge is 2.24. The molecule has 1 saturated carbocycles. The number of hydrogen-bond donors (Lipinski definition) is 2. The molecule has 19 heavy (non-hydrogen) atoms. The Morgan fingerprint density at radius 3 is 2.79 bits per heavy atom. The number of rotatable bonds is 5. The molecule has 1 aromatic rings. The predicted octanol–water partition coefficient (Wildman–Crippen LogP) is 2.52. The number of nitrogens with one attached hydrogen (secondary N) is 1. The molecule has 1 aliphatic carbocycles. The Kier molecular flexibility index (Phi) is 5.23. The van der Waals surface area contributed by atoms with Crippen molar-refractivity contribution in [2.75, 3.05) is 7.11 Å². The molecule has 1 fully saturated rings. The molecule has 2 rings (SSSR count). The van der Waals surface area contributed by atoms with Crippen molar-refractivity contribution in [3.05, 3.63) is 29.8 Å². The standard InChI is InChI=1S/C16H25NO2/c1-12(17-14-8-4-5-9-15(14)18)11-13-7-3-6-10-16(13)19-2/h3,6-7,10,12,14-15,17-18H,4-5,8-9,11H2,1-2H3. The monoisotopic (exact) mass is 263 g/mol. The van der Waals surface area contributed by atoms with Gasteiger partial charge in [-0.05, 0) is 37.8 Å². The quantitative estimate of drug-likeness (QED) is 0.857. The maximum absolute atomic E-state index is 10.00. The molecule has 3 nitrogen and oxygen atoms in total. The second kappa shape index (κ2) is 6.92.